The predicted octanol–water partition coefficient (Wildman–Crippen LogP) is 5.88. The Balaban J connectivity index is 0.00000231. The number of hydrogen-bond donors (Lipinski definition) is 1. The number of carbonyl (C=O) groups excluding carboxylic acids is 2. The first kappa shape index (κ1) is 31.9. The zero-order valence-corrected chi connectivity index (χ0v) is 23.7. The van der Waals surface area contributed by atoms with Gasteiger partial charge >= 0.3 is 6.18 Å². The van der Waals surface area contributed by atoms with Crippen LogP contribution in [0, 0.1) is 18.7 Å². The summed E-state index contributed by atoms with van der Waals surface area (Å²) in [6.07, 6.45) is -5.08. The van der Waals surface area contributed by atoms with E-state index in [0.717, 1.165) is 23.1 Å². The van der Waals surface area contributed by atoms with E-state index in [1.165, 1.54) is 35.0 Å². The molecule has 2 atom stereocenters. The largest absolute Gasteiger partial charge is 0.416 e. The quantitative estimate of drug-likeness (QED) is 0.220. The van der Waals surface area contributed by atoms with Crippen LogP contribution in [0.5, 0.6) is 0 Å². The maximum Gasteiger partial charge on any atom is 0.416 e. The second kappa shape index (κ2) is 12.5. The van der Waals surface area contributed by atoms with Crippen molar-refractivity contribution in [2.45, 2.75) is 25.4 Å². The molecule has 0 spiro atoms. The number of carbonyl (C=O) groups is 2. The van der Waals surface area contributed by atoms with Gasteiger partial charge in [0.1, 0.15) is 18.4 Å². The number of aryl methyl sites for hydroxylation is 1. The fourth-order valence-corrected chi connectivity index (χ4v) is 5.15. The van der Waals surface area contributed by atoms with E-state index in [9.17, 15) is 32.3 Å². The van der Waals surface area contributed by atoms with Crippen LogP contribution in [-0.4, -0.2) is 33.3 Å². The van der Waals surface area contributed by atoms with E-state index < -0.39 is 54.2 Å². The number of fused-ring (bicyclic) bond motifs is 1. The van der Waals surface area contributed by atoms with Gasteiger partial charge in [-0.15, -0.1) is 0 Å². The molecule has 0 saturated heterocycles. The van der Waals surface area contributed by atoms with Crippen LogP contribution >= 0.6 is 27.0 Å². The number of anilines is 1. The van der Waals surface area contributed by atoms with Gasteiger partial charge in [-0.25, -0.2) is 9.07 Å². The number of hydrogen-bond acceptors (Lipinski definition) is 4. The van der Waals surface area contributed by atoms with E-state index in [1.807, 2.05) is 6.07 Å². The summed E-state index contributed by atoms with van der Waals surface area (Å²) >= 11 is 0. The molecule has 0 saturated carbocycles. The standard InChI is InChI=1S/C29H23F4N3O3.2H2S/c1-17-25-26(18-10-12-21(30)13-11-18)23(15-24(38)19-6-5-7-20(14-19)29(31,32)33)28(39)35(16-37)27(25)36(34-17)22-8-3-2-4-9-22;;/h2-14,23,26,37H,15-16H2,1H3;2*1H2/t23-,26+;;/m0../s1. The first-order valence-corrected chi connectivity index (χ1v) is 12.1. The molecule has 0 fully saturated rings. The number of nitrogens with zero attached hydrogens (tertiary/aromatic N) is 3. The number of ketones is 1. The molecule has 12 heteroatoms. The summed E-state index contributed by atoms with van der Waals surface area (Å²) in [4.78, 5) is 28.3. The van der Waals surface area contributed by atoms with E-state index in [-0.39, 0.29) is 32.6 Å². The van der Waals surface area contributed by atoms with Gasteiger partial charge in [-0.1, -0.05) is 42.5 Å². The van der Waals surface area contributed by atoms with Gasteiger partial charge in [0.25, 0.3) is 0 Å². The number of amides is 1. The zero-order chi connectivity index (χ0) is 27.9. The Morgan fingerprint density at radius 2 is 1.63 bits per heavy atom. The summed E-state index contributed by atoms with van der Waals surface area (Å²) in [7, 11) is 0. The SMILES string of the molecule is Cc1nn(-c2ccccc2)c2c1[C@H](c1ccc(F)cc1)[C@H](CC(=O)c1cccc(C(F)(F)F)c1)C(=O)N2CO.S.S. The third kappa shape index (κ3) is 6.04. The van der Waals surface area contributed by atoms with Crippen LogP contribution in [0.3, 0.4) is 0 Å². The van der Waals surface area contributed by atoms with Crippen molar-refractivity contribution in [1.82, 2.24) is 9.78 Å². The molecular weight excluding hydrogens is 578 g/mol. The van der Waals surface area contributed by atoms with E-state index in [4.69, 9.17) is 0 Å². The third-order valence-corrected chi connectivity index (χ3v) is 6.92. The van der Waals surface area contributed by atoms with Crippen LogP contribution < -0.4 is 4.90 Å². The van der Waals surface area contributed by atoms with Crippen LogP contribution in [0.2, 0.25) is 0 Å². The topological polar surface area (TPSA) is 75.4 Å². The molecule has 4 aromatic rings. The lowest BCUT2D eigenvalue weighted by Gasteiger charge is -2.37. The number of aliphatic hydroxyl groups excluding tert-OH is 1. The normalized spacial score (nSPS) is 16.4. The first-order valence-electron chi connectivity index (χ1n) is 12.1. The maximum atomic E-state index is 13.9. The molecule has 0 bridgehead atoms. The van der Waals surface area contributed by atoms with Gasteiger partial charge in [0.2, 0.25) is 5.91 Å². The van der Waals surface area contributed by atoms with Gasteiger partial charge in [0.15, 0.2) is 5.78 Å². The molecule has 1 aromatic heterocycles. The molecule has 0 radical (unpaired) electrons. The Bertz CT molecular complexity index is 1540. The molecule has 6 nitrogen and oxygen atoms in total. The van der Waals surface area contributed by atoms with Crippen molar-refractivity contribution in [3.63, 3.8) is 0 Å². The molecule has 1 aliphatic heterocycles. The lowest BCUT2D eigenvalue weighted by Crippen LogP contribution is -2.45. The van der Waals surface area contributed by atoms with Crippen LogP contribution in [0.15, 0.2) is 78.9 Å². The fourth-order valence-electron chi connectivity index (χ4n) is 5.15. The number of aliphatic hydroxyl groups is 1. The van der Waals surface area contributed by atoms with E-state index in [1.54, 1.807) is 31.2 Å². The minimum atomic E-state index is -4.64. The highest BCUT2D eigenvalue weighted by Gasteiger charge is 2.46. The van der Waals surface area contributed by atoms with Crippen molar-refractivity contribution in [2.75, 3.05) is 11.6 Å². The fraction of sp³-hybridized carbons (Fsp3) is 0.207. The molecule has 0 aliphatic carbocycles. The van der Waals surface area contributed by atoms with Crippen molar-refractivity contribution in [3.05, 3.63) is 113 Å². The summed E-state index contributed by atoms with van der Waals surface area (Å²) in [5, 5.41) is 14.9. The highest BCUT2D eigenvalue weighted by molar-refractivity contribution is 7.59. The zero-order valence-electron chi connectivity index (χ0n) is 21.7. The lowest BCUT2D eigenvalue weighted by atomic mass is 9.74. The minimum absolute atomic E-state index is 0. The van der Waals surface area contributed by atoms with Crippen LogP contribution in [0.4, 0.5) is 23.4 Å². The monoisotopic (exact) mass is 605 g/mol. The van der Waals surface area contributed by atoms with Gasteiger partial charge in [-0.05, 0) is 48.9 Å². The highest BCUT2D eigenvalue weighted by atomic mass is 32.1. The molecule has 1 N–H and O–H groups in total. The van der Waals surface area contributed by atoms with Gasteiger partial charge in [0.05, 0.1) is 22.9 Å². The number of benzene rings is 3. The summed E-state index contributed by atoms with van der Waals surface area (Å²) in [6.45, 7) is 1.01. The number of rotatable bonds is 6. The summed E-state index contributed by atoms with van der Waals surface area (Å²) in [5.41, 5.74) is 1.07. The molecule has 1 aliphatic rings. The second-order valence-electron chi connectivity index (χ2n) is 9.32. The van der Waals surface area contributed by atoms with Crippen molar-refractivity contribution in [3.8, 4) is 5.69 Å². The maximum absolute atomic E-state index is 13.9. The molecule has 2 heterocycles. The Kier molecular flexibility index (Phi) is 9.73. The van der Waals surface area contributed by atoms with Crippen molar-refractivity contribution >= 4 is 44.5 Å². The molecule has 41 heavy (non-hydrogen) atoms. The predicted molar refractivity (Wildman–Crippen MR) is 156 cm³/mol. The first-order chi connectivity index (χ1) is 18.6. The molecule has 3 aromatic carbocycles. The Morgan fingerprint density at radius 1 is 0.976 bits per heavy atom. The van der Waals surface area contributed by atoms with Crippen molar-refractivity contribution in [1.29, 1.82) is 0 Å². The van der Waals surface area contributed by atoms with E-state index in [0.29, 0.717) is 28.3 Å². The number of aromatic nitrogens is 2. The summed E-state index contributed by atoms with van der Waals surface area (Å²) in [5.74, 6) is -3.32. The number of halogens is 4. The number of Topliss-reactive ketones (excluding diaryl/α,β-unsaturated/α-hetero) is 1. The summed E-state index contributed by atoms with van der Waals surface area (Å²) < 4.78 is 55.2. The Labute approximate surface area is 247 Å². The number of alkyl halides is 3. The van der Waals surface area contributed by atoms with Crippen molar-refractivity contribution < 1.29 is 32.3 Å². The average Bonchev–Trinajstić information content (AvgIpc) is 3.26. The third-order valence-electron chi connectivity index (χ3n) is 6.92. The van der Waals surface area contributed by atoms with Gasteiger partial charge in [0, 0.05) is 23.5 Å². The lowest BCUT2D eigenvalue weighted by molar-refractivity contribution is -0.137. The Morgan fingerprint density at radius 3 is 2.24 bits per heavy atom. The Hall–Kier alpha value is -3.61. The van der Waals surface area contributed by atoms with Crippen LogP contribution in [0.1, 0.15) is 45.1 Å². The minimum Gasteiger partial charge on any atom is -0.376 e. The smallest absolute Gasteiger partial charge is 0.376 e. The van der Waals surface area contributed by atoms with Crippen LogP contribution in [0.25, 0.3) is 5.69 Å². The second-order valence-corrected chi connectivity index (χ2v) is 9.32. The summed E-state index contributed by atoms with van der Waals surface area (Å²) in [6, 6.07) is 18.5. The van der Waals surface area contributed by atoms with E-state index >= 15 is 0 Å². The number of para-hydroxylation sites is 1. The molecule has 1 amide bonds. The van der Waals surface area contributed by atoms with Crippen LogP contribution in [-0.2, 0) is 11.0 Å². The average molecular weight is 606 g/mol. The van der Waals surface area contributed by atoms with E-state index in [2.05, 4.69) is 5.10 Å². The van der Waals surface area contributed by atoms with Gasteiger partial charge < -0.3 is 5.11 Å². The van der Waals surface area contributed by atoms with Crippen molar-refractivity contribution in [2.24, 2.45) is 5.92 Å². The van der Waals surface area contributed by atoms with Gasteiger partial charge in [-0.3, -0.25) is 14.5 Å². The highest BCUT2D eigenvalue weighted by Crippen LogP contribution is 2.47. The molecular formula is C29H27F4N3O3S2. The van der Waals surface area contributed by atoms with Gasteiger partial charge in [-0.2, -0.15) is 45.3 Å². The molecule has 0 unspecified atom stereocenters. The molecule has 5 rings (SSSR count). The molecule has 216 valence electrons.